The predicted octanol–water partition coefficient (Wildman–Crippen LogP) is 3.05. The van der Waals surface area contributed by atoms with Crippen LogP contribution in [-0.2, 0) is 4.74 Å². The van der Waals surface area contributed by atoms with Gasteiger partial charge in [0.1, 0.15) is 6.07 Å². The average Bonchev–Trinajstić information content (AvgIpc) is 2.93. The van der Waals surface area contributed by atoms with E-state index in [2.05, 4.69) is 27.3 Å². The van der Waals surface area contributed by atoms with Crippen molar-refractivity contribution in [3.05, 3.63) is 28.2 Å². The SMILES string of the molecule is N#Cc1cc(Br)ccc1N[C@H]1C[C@H]2CC[C@H]1O2. The lowest BCUT2D eigenvalue weighted by atomic mass is 9.95. The van der Waals surface area contributed by atoms with E-state index < -0.39 is 0 Å². The molecule has 1 aromatic rings. The molecule has 3 nitrogen and oxygen atoms in total. The second-order valence-electron chi connectivity index (χ2n) is 4.66. The van der Waals surface area contributed by atoms with E-state index in [0.717, 1.165) is 23.0 Å². The van der Waals surface area contributed by atoms with Crippen molar-refractivity contribution in [2.24, 2.45) is 0 Å². The van der Waals surface area contributed by atoms with Crippen molar-refractivity contribution >= 4 is 21.6 Å². The predicted molar refractivity (Wildman–Crippen MR) is 68.8 cm³/mol. The molecule has 2 aliphatic heterocycles. The summed E-state index contributed by atoms with van der Waals surface area (Å²) < 4.78 is 6.73. The first-order valence-corrected chi connectivity index (χ1v) is 6.67. The van der Waals surface area contributed by atoms with Gasteiger partial charge in [0.25, 0.3) is 0 Å². The minimum atomic E-state index is 0.329. The van der Waals surface area contributed by atoms with E-state index in [1.807, 2.05) is 18.2 Å². The molecule has 2 saturated heterocycles. The summed E-state index contributed by atoms with van der Waals surface area (Å²) in [6, 6.07) is 8.34. The summed E-state index contributed by atoms with van der Waals surface area (Å²) in [6.07, 6.45) is 4.15. The Labute approximate surface area is 109 Å². The zero-order valence-electron chi connectivity index (χ0n) is 9.32. The molecule has 1 aromatic carbocycles. The van der Waals surface area contributed by atoms with Crippen molar-refractivity contribution in [3.8, 4) is 6.07 Å². The molecular weight excluding hydrogens is 280 g/mol. The Hall–Kier alpha value is -1.05. The minimum absolute atomic E-state index is 0.329. The summed E-state index contributed by atoms with van der Waals surface area (Å²) in [5, 5.41) is 12.6. The molecule has 0 saturated carbocycles. The number of rotatable bonds is 2. The van der Waals surface area contributed by atoms with Gasteiger partial charge < -0.3 is 10.1 Å². The van der Waals surface area contributed by atoms with Gasteiger partial charge in [-0.25, -0.2) is 0 Å². The molecule has 0 radical (unpaired) electrons. The highest BCUT2D eigenvalue weighted by molar-refractivity contribution is 9.10. The molecule has 17 heavy (non-hydrogen) atoms. The van der Waals surface area contributed by atoms with Crippen LogP contribution < -0.4 is 5.32 Å². The second-order valence-corrected chi connectivity index (χ2v) is 5.58. The molecule has 0 amide bonds. The summed E-state index contributed by atoms with van der Waals surface area (Å²) in [7, 11) is 0. The van der Waals surface area contributed by atoms with Gasteiger partial charge in [-0.1, -0.05) is 15.9 Å². The summed E-state index contributed by atoms with van der Waals surface area (Å²) in [5.41, 5.74) is 1.60. The molecule has 3 rings (SSSR count). The van der Waals surface area contributed by atoms with Crippen molar-refractivity contribution in [1.29, 1.82) is 5.26 Å². The maximum absolute atomic E-state index is 9.11. The first kappa shape index (κ1) is 11.1. The third-order valence-electron chi connectivity index (χ3n) is 3.55. The lowest BCUT2D eigenvalue weighted by Crippen LogP contribution is -2.30. The number of fused-ring (bicyclic) bond motifs is 2. The standard InChI is InChI=1S/C13H13BrN2O/c14-9-1-3-11(8(5-9)7-15)16-12-6-10-2-4-13(12)17-10/h1,3,5,10,12-13,16H,2,4,6H2/t10-,12+,13-/m1/s1. The Morgan fingerprint density at radius 1 is 1.41 bits per heavy atom. The smallest absolute Gasteiger partial charge is 0.101 e. The number of anilines is 1. The molecule has 0 spiro atoms. The topological polar surface area (TPSA) is 45.0 Å². The van der Waals surface area contributed by atoms with Crippen LogP contribution in [0.4, 0.5) is 5.69 Å². The Morgan fingerprint density at radius 3 is 2.94 bits per heavy atom. The van der Waals surface area contributed by atoms with E-state index in [-0.39, 0.29) is 0 Å². The van der Waals surface area contributed by atoms with Crippen LogP contribution in [0.25, 0.3) is 0 Å². The molecule has 88 valence electrons. The Kier molecular flexibility index (Phi) is 2.81. The number of ether oxygens (including phenoxy) is 1. The highest BCUT2D eigenvalue weighted by Gasteiger charge is 2.40. The van der Waals surface area contributed by atoms with Crippen LogP contribution in [0.2, 0.25) is 0 Å². The number of nitrogens with zero attached hydrogens (tertiary/aromatic N) is 1. The highest BCUT2D eigenvalue weighted by Crippen LogP contribution is 2.36. The van der Waals surface area contributed by atoms with Crippen LogP contribution in [0.15, 0.2) is 22.7 Å². The van der Waals surface area contributed by atoms with Gasteiger partial charge in [-0.05, 0) is 37.5 Å². The minimum Gasteiger partial charge on any atom is -0.379 e. The van der Waals surface area contributed by atoms with Gasteiger partial charge >= 0.3 is 0 Å². The molecular formula is C13H13BrN2O. The van der Waals surface area contributed by atoms with Crippen molar-refractivity contribution in [3.63, 3.8) is 0 Å². The van der Waals surface area contributed by atoms with Crippen LogP contribution in [-0.4, -0.2) is 18.2 Å². The second kappa shape index (κ2) is 4.32. The number of halogens is 1. The average molecular weight is 293 g/mol. The fourth-order valence-corrected chi connectivity index (χ4v) is 3.09. The van der Waals surface area contributed by atoms with E-state index in [4.69, 9.17) is 10.00 Å². The molecule has 3 atom stereocenters. The molecule has 4 heteroatoms. The van der Waals surface area contributed by atoms with Gasteiger partial charge in [0.15, 0.2) is 0 Å². The van der Waals surface area contributed by atoms with Crippen LogP contribution in [0, 0.1) is 11.3 Å². The van der Waals surface area contributed by atoms with E-state index in [1.165, 1.54) is 6.42 Å². The molecule has 2 bridgehead atoms. The molecule has 2 fully saturated rings. The van der Waals surface area contributed by atoms with E-state index in [0.29, 0.717) is 23.8 Å². The molecule has 2 aliphatic rings. The van der Waals surface area contributed by atoms with Crippen LogP contribution in [0.3, 0.4) is 0 Å². The lowest BCUT2D eigenvalue weighted by molar-refractivity contribution is 0.102. The van der Waals surface area contributed by atoms with Gasteiger partial charge in [0.05, 0.1) is 29.5 Å². The highest BCUT2D eigenvalue weighted by atomic mass is 79.9. The van der Waals surface area contributed by atoms with E-state index in [1.54, 1.807) is 0 Å². The molecule has 0 unspecified atom stereocenters. The maximum atomic E-state index is 9.11. The van der Waals surface area contributed by atoms with E-state index >= 15 is 0 Å². The third-order valence-corrected chi connectivity index (χ3v) is 4.04. The first-order valence-electron chi connectivity index (χ1n) is 5.88. The number of hydrogen-bond donors (Lipinski definition) is 1. The monoisotopic (exact) mass is 292 g/mol. The number of nitrogens with one attached hydrogen (secondary N) is 1. The molecule has 1 N–H and O–H groups in total. The molecule has 0 aliphatic carbocycles. The van der Waals surface area contributed by atoms with Gasteiger partial charge in [-0.15, -0.1) is 0 Å². The maximum Gasteiger partial charge on any atom is 0.101 e. The van der Waals surface area contributed by atoms with Gasteiger partial charge in [0, 0.05) is 4.47 Å². The Balaban J connectivity index is 1.79. The van der Waals surface area contributed by atoms with Gasteiger partial charge in [-0.3, -0.25) is 0 Å². The zero-order chi connectivity index (χ0) is 11.8. The zero-order valence-corrected chi connectivity index (χ0v) is 10.9. The van der Waals surface area contributed by atoms with Gasteiger partial charge in [0.2, 0.25) is 0 Å². The van der Waals surface area contributed by atoms with Gasteiger partial charge in [-0.2, -0.15) is 5.26 Å². The number of benzene rings is 1. The summed E-state index contributed by atoms with van der Waals surface area (Å²) in [6.45, 7) is 0. The number of hydrogen-bond acceptors (Lipinski definition) is 3. The normalized spacial score (nSPS) is 30.2. The molecule has 2 heterocycles. The Morgan fingerprint density at radius 2 is 2.29 bits per heavy atom. The van der Waals surface area contributed by atoms with Crippen LogP contribution >= 0.6 is 15.9 Å². The van der Waals surface area contributed by atoms with E-state index in [9.17, 15) is 0 Å². The fourth-order valence-electron chi connectivity index (χ4n) is 2.72. The third kappa shape index (κ3) is 2.05. The fraction of sp³-hybridized carbons (Fsp3) is 0.462. The largest absolute Gasteiger partial charge is 0.379 e. The van der Waals surface area contributed by atoms with Crippen molar-refractivity contribution in [1.82, 2.24) is 0 Å². The van der Waals surface area contributed by atoms with Crippen LogP contribution in [0.1, 0.15) is 24.8 Å². The quantitative estimate of drug-likeness (QED) is 0.911. The first-order chi connectivity index (χ1) is 8.26. The van der Waals surface area contributed by atoms with Crippen molar-refractivity contribution < 1.29 is 4.74 Å². The summed E-state index contributed by atoms with van der Waals surface area (Å²) in [4.78, 5) is 0. The molecule has 0 aromatic heterocycles. The van der Waals surface area contributed by atoms with Crippen LogP contribution in [0.5, 0.6) is 0 Å². The summed E-state index contributed by atoms with van der Waals surface area (Å²) >= 11 is 3.38. The number of nitriles is 1. The van der Waals surface area contributed by atoms with Crippen molar-refractivity contribution in [2.75, 3.05) is 5.32 Å². The Bertz CT molecular complexity index is 483. The van der Waals surface area contributed by atoms with Crippen molar-refractivity contribution in [2.45, 2.75) is 37.5 Å². The lowest BCUT2D eigenvalue weighted by Gasteiger charge is -2.21. The summed E-state index contributed by atoms with van der Waals surface area (Å²) in [5.74, 6) is 0.